The van der Waals surface area contributed by atoms with Crippen molar-refractivity contribution in [2.75, 3.05) is 0 Å². The van der Waals surface area contributed by atoms with Gasteiger partial charge in [0.05, 0.1) is 17.5 Å². The van der Waals surface area contributed by atoms with Gasteiger partial charge in [-0.1, -0.05) is 36.0 Å². The second kappa shape index (κ2) is 5.67. The first-order valence-electron chi connectivity index (χ1n) is 5.89. The van der Waals surface area contributed by atoms with E-state index in [4.69, 9.17) is 29.6 Å². The van der Waals surface area contributed by atoms with Gasteiger partial charge in [-0.15, -0.1) is 0 Å². The van der Waals surface area contributed by atoms with Gasteiger partial charge in [0.25, 0.3) is 0 Å². The topological polar surface area (TPSA) is 55.1 Å². The number of benzene rings is 1. The molecule has 1 aliphatic rings. The number of thiocarbonyl (C=S) groups is 1. The number of amides is 1. The van der Waals surface area contributed by atoms with Gasteiger partial charge >= 0.3 is 0 Å². The first-order chi connectivity index (χ1) is 8.56. The molecule has 1 atom stereocenters. The van der Waals surface area contributed by atoms with Gasteiger partial charge in [0.1, 0.15) is 0 Å². The first kappa shape index (κ1) is 13.3. The fraction of sp³-hybridized carbons (Fsp3) is 0.385. The Hall–Kier alpha value is -1.13. The van der Waals surface area contributed by atoms with E-state index in [-0.39, 0.29) is 11.9 Å². The monoisotopic (exact) mass is 282 g/mol. The van der Waals surface area contributed by atoms with E-state index < -0.39 is 0 Å². The van der Waals surface area contributed by atoms with E-state index in [1.54, 1.807) is 12.1 Å². The lowest BCUT2D eigenvalue weighted by molar-refractivity contribution is -0.120. The standard InChI is InChI=1S/C13H15ClN2OS/c14-10-3-1-2-8(6-10)7-11(17)16-12(13(15)18)9-4-5-9/h1-3,6,9,12H,4-5,7H2,(H2,15,18)(H,16,17). The minimum atomic E-state index is -0.160. The molecule has 1 aliphatic carbocycles. The van der Waals surface area contributed by atoms with Crippen molar-refractivity contribution in [3.05, 3.63) is 34.9 Å². The normalized spacial score (nSPS) is 16.1. The van der Waals surface area contributed by atoms with Gasteiger partial charge in [0.15, 0.2) is 0 Å². The summed E-state index contributed by atoms with van der Waals surface area (Å²) in [4.78, 5) is 12.3. The van der Waals surface area contributed by atoms with Gasteiger partial charge in [-0.25, -0.2) is 0 Å². The van der Waals surface area contributed by atoms with E-state index in [1.807, 2.05) is 12.1 Å². The summed E-state index contributed by atoms with van der Waals surface area (Å²) >= 11 is 10.9. The third-order valence-electron chi connectivity index (χ3n) is 2.97. The van der Waals surface area contributed by atoms with Crippen molar-refractivity contribution in [2.24, 2.45) is 11.7 Å². The smallest absolute Gasteiger partial charge is 0.224 e. The molecular weight excluding hydrogens is 268 g/mol. The van der Waals surface area contributed by atoms with E-state index in [2.05, 4.69) is 5.32 Å². The molecule has 3 N–H and O–H groups in total. The maximum Gasteiger partial charge on any atom is 0.224 e. The molecule has 1 aromatic carbocycles. The summed E-state index contributed by atoms with van der Waals surface area (Å²) in [5.41, 5.74) is 6.53. The van der Waals surface area contributed by atoms with Gasteiger partial charge in [0.2, 0.25) is 5.91 Å². The molecule has 0 radical (unpaired) electrons. The number of hydrogen-bond acceptors (Lipinski definition) is 2. The van der Waals surface area contributed by atoms with E-state index >= 15 is 0 Å². The lowest BCUT2D eigenvalue weighted by atomic mass is 10.1. The number of carbonyl (C=O) groups is 1. The van der Waals surface area contributed by atoms with Crippen LogP contribution in [0.4, 0.5) is 0 Å². The molecule has 0 bridgehead atoms. The third-order valence-corrected chi connectivity index (χ3v) is 3.46. The summed E-state index contributed by atoms with van der Waals surface area (Å²) in [5, 5.41) is 3.53. The summed E-state index contributed by atoms with van der Waals surface area (Å²) in [6.45, 7) is 0. The predicted molar refractivity (Wildman–Crippen MR) is 76.6 cm³/mol. The molecule has 0 heterocycles. The highest BCUT2D eigenvalue weighted by molar-refractivity contribution is 7.80. The molecule has 1 unspecified atom stereocenters. The van der Waals surface area contributed by atoms with Gasteiger partial charge in [-0.2, -0.15) is 0 Å². The molecule has 0 aliphatic heterocycles. The van der Waals surface area contributed by atoms with Crippen LogP contribution in [0.25, 0.3) is 0 Å². The Kier molecular flexibility index (Phi) is 4.19. The van der Waals surface area contributed by atoms with Gasteiger partial charge in [-0.3, -0.25) is 4.79 Å². The molecule has 1 amide bonds. The number of halogens is 1. The molecule has 1 aromatic rings. The number of carbonyl (C=O) groups excluding carboxylic acids is 1. The third kappa shape index (κ3) is 3.68. The Morgan fingerprint density at radius 3 is 2.83 bits per heavy atom. The van der Waals surface area contributed by atoms with Crippen molar-refractivity contribution in [2.45, 2.75) is 25.3 Å². The highest BCUT2D eigenvalue weighted by Gasteiger charge is 2.33. The summed E-state index contributed by atoms with van der Waals surface area (Å²) in [5.74, 6) is 0.354. The maximum atomic E-state index is 11.9. The van der Waals surface area contributed by atoms with Crippen LogP contribution < -0.4 is 11.1 Å². The molecule has 96 valence electrons. The van der Waals surface area contributed by atoms with Crippen molar-refractivity contribution in [3.8, 4) is 0 Å². The van der Waals surface area contributed by atoms with Crippen LogP contribution in [0.15, 0.2) is 24.3 Å². The zero-order valence-corrected chi connectivity index (χ0v) is 11.4. The van der Waals surface area contributed by atoms with E-state index in [9.17, 15) is 4.79 Å². The Balaban J connectivity index is 1.93. The van der Waals surface area contributed by atoms with Crippen LogP contribution in [0.3, 0.4) is 0 Å². The summed E-state index contributed by atoms with van der Waals surface area (Å²) in [6, 6.07) is 7.11. The van der Waals surface area contributed by atoms with E-state index in [1.165, 1.54) is 0 Å². The molecule has 3 nitrogen and oxygen atoms in total. The number of nitrogens with two attached hydrogens (primary N) is 1. The Morgan fingerprint density at radius 2 is 2.28 bits per heavy atom. The summed E-state index contributed by atoms with van der Waals surface area (Å²) in [7, 11) is 0. The molecule has 2 rings (SSSR count). The Labute approximate surface area is 117 Å². The summed E-state index contributed by atoms with van der Waals surface area (Å²) < 4.78 is 0. The largest absolute Gasteiger partial charge is 0.392 e. The zero-order chi connectivity index (χ0) is 13.1. The number of rotatable bonds is 5. The van der Waals surface area contributed by atoms with Crippen molar-refractivity contribution in [3.63, 3.8) is 0 Å². The van der Waals surface area contributed by atoms with Crippen LogP contribution in [-0.4, -0.2) is 16.9 Å². The van der Waals surface area contributed by atoms with Gasteiger partial charge in [-0.05, 0) is 36.5 Å². The van der Waals surface area contributed by atoms with Crippen molar-refractivity contribution < 1.29 is 4.79 Å². The molecule has 5 heteroatoms. The predicted octanol–water partition coefficient (Wildman–Crippen LogP) is 2.06. The van der Waals surface area contributed by atoms with Crippen LogP contribution in [0, 0.1) is 5.92 Å². The van der Waals surface area contributed by atoms with Crippen LogP contribution in [0.5, 0.6) is 0 Å². The molecule has 18 heavy (non-hydrogen) atoms. The second-order valence-corrected chi connectivity index (χ2v) is 5.50. The molecular formula is C13H15ClN2OS. The highest BCUT2D eigenvalue weighted by Crippen LogP contribution is 2.32. The fourth-order valence-electron chi connectivity index (χ4n) is 1.91. The molecule has 1 saturated carbocycles. The van der Waals surface area contributed by atoms with Crippen molar-refractivity contribution >= 4 is 34.7 Å². The zero-order valence-electron chi connectivity index (χ0n) is 9.86. The Bertz CT molecular complexity index is 474. The lowest BCUT2D eigenvalue weighted by Crippen LogP contribution is -2.45. The SMILES string of the molecule is NC(=S)C(NC(=O)Cc1cccc(Cl)c1)C1CC1. The average molecular weight is 283 g/mol. The quantitative estimate of drug-likeness (QED) is 0.813. The van der Waals surface area contributed by atoms with E-state index in [0.29, 0.717) is 22.3 Å². The van der Waals surface area contributed by atoms with Crippen molar-refractivity contribution in [1.29, 1.82) is 0 Å². The Morgan fingerprint density at radius 1 is 1.56 bits per heavy atom. The highest BCUT2D eigenvalue weighted by atomic mass is 35.5. The molecule has 0 saturated heterocycles. The van der Waals surface area contributed by atoms with E-state index in [0.717, 1.165) is 18.4 Å². The second-order valence-electron chi connectivity index (χ2n) is 4.59. The van der Waals surface area contributed by atoms with Crippen LogP contribution >= 0.6 is 23.8 Å². The number of hydrogen-bond donors (Lipinski definition) is 2. The lowest BCUT2D eigenvalue weighted by Gasteiger charge is -2.16. The van der Waals surface area contributed by atoms with Gasteiger partial charge < -0.3 is 11.1 Å². The fourth-order valence-corrected chi connectivity index (χ4v) is 2.37. The van der Waals surface area contributed by atoms with Crippen molar-refractivity contribution in [1.82, 2.24) is 5.32 Å². The minimum absolute atomic E-state index is 0.0676. The maximum absolute atomic E-state index is 11.9. The average Bonchev–Trinajstić information content (AvgIpc) is 3.09. The van der Waals surface area contributed by atoms with Gasteiger partial charge in [0, 0.05) is 5.02 Å². The van der Waals surface area contributed by atoms with Crippen LogP contribution in [0.1, 0.15) is 18.4 Å². The van der Waals surface area contributed by atoms with Crippen LogP contribution in [0.2, 0.25) is 5.02 Å². The number of nitrogens with one attached hydrogen (secondary N) is 1. The molecule has 0 spiro atoms. The summed E-state index contributed by atoms with van der Waals surface area (Å²) in [6.07, 6.45) is 2.46. The minimum Gasteiger partial charge on any atom is -0.392 e. The molecule has 1 fully saturated rings. The first-order valence-corrected chi connectivity index (χ1v) is 6.68. The molecule has 0 aromatic heterocycles. The van der Waals surface area contributed by atoms with Crippen LogP contribution in [-0.2, 0) is 11.2 Å².